The number of ether oxygens (including phenoxy) is 3. The summed E-state index contributed by atoms with van der Waals surface area (Å²) >= 11 is 2.13. The first-order chi connectivity index (χ1) is 15.5. The molecule has 5 nitrogen and oxygen atoms in total. The van der Waals surface area contributed by atoms with Crippen LogP contribution < -0.4 is 0 Å². The summed E-state index contributed by atoms with van der Waals surface area (Å²) in [6, 6.07) is 0. The molecule has 0 saturated heterocycles. The molecule has 0 heterocycles. The number of allylic oxidation sites excluding steroid dienone is 2. The monoisotopic (exact) mass is 576 g/mol. The van der Waals surface area contributed by atoms with Gasteiger partial charge in [0.2, 0.25) is 0 Å². The van der Waals surface area contributed by atoms with Gasteiger partial charge in [-0.2, -0.15) is 0 Å². The predicted molar refractivity (Wildman–Crippen MR) is 144 cm³/mol. The van der Waals surface area contributed by atoms with Crippen molar-refractivity contribution in [3.05, 3.63) is 34.5 Å². The van der Waals surface area contributed by atoms with E-state index in [-0.39, 0.29) is 42.2 Å². The molecule has 5 unspecified atom stereocenters. The van der Waals surface area contributed by atoms with Crippen molar-refractivity contribution in [3.8, 4) is 0 Å². The molecule has 190 valence electrons. The molecule has 0 saturated carbocycles. The molecule has 0 radical (unpaired) electrons. The third kappa shape index (κ3) is 10.4. The van der Waals surface area contributed by atoms with E-state index in [4.69, 9.17) is 14.2 Å². The highest BCUT2D eigenvalue weighted by Gasteiger charge is 2.43. The number of unbranched alkanes of at least 4 members (excludes halogenated alkanes) is 1. The van der Waals surface area contributed by atoms with Crippen LogP contribution in [0, 0.1) is 17.3 Å². The van der Waals surface area contributed by atoms with Gasteiger partial charge in [-0.15, -0.1) is 6.58 Å². The van der Waals surface area contributed by atoms with Crippen LogP contribution in [-0.2, 0) is 23.8 Å². The highest BCUT2D eigenvalue weighted by atomic mass is 127. The first kappa shape index (κ1) is 32.0. The van der Waals surface area contributed by atoms with E-state index in [2.05, 4.69) is 48.2 Å². The van der Waals surface area contributed by atoms with Crippen LogP contribution in [-0.4, -0.2) is 44.3 Å². The van der Waals surface area contributed by atoms with Crippen molar-refractivity contribution in [3.63, 3.8) is 0 Å². The lowest BCUT2D eigenvalue weighted by Crippen LogP contribution is -2.46. The minimum atomic E-state index is -0.878. The predicted octanol–water partition coefficient (Wildman–Crippen LogP) is 6.85. The minimum absolute atomic E-state index is 0.000678. The lowest BCUT2D eigenvalue weighted by atomic mass is 9.72. The van der Waals surface area contributed by atoms with Crippen molar-refractivity contribution in [2.45, 2.75) is 92.0 Å². The number of rotatable bonds is 17. The molecule has 33 heavy (non-hydrogen) atoms. The summed E-state index contributed by atoms with van der Waals surface area (Å²) in [6.07, 6.45) is 8.39. The second-order valence-electron chi connectivity index (χ2n) is 9.34. The Balaban J connectivity index is 5.34. The summed E-state index contributed by atoms with van der Waals surface area (Å²) in [5, 5.41) is 0. The zero-order valence-corrected chi connectivity index (χ0v) is 24.0. The van der Waals surface area contributed by atoms with Crippen LogP contribution in [0.15, 0.2) is 34.5 Å². The highest BCUT2D eigenvalue weighted by molar-refractivity contribution is 14.1. The summed E-state index contributed by atoms with van der Waals surface area (Å²) in [4.78, 5) is 26.3. The van der Waals surface area contributed by atoms with Gasteiger partial charge in [-0.25, -0.2) is 0 Å². The molecule has 0 spiro atoms. The van der Waals surface area contributed by atoms with Crippen LogP contribution in [0.5, 0.6) is 0 Å². The van der Waals surface area contributed by atoms with Crippen LogP contribution in [0.25, 0.3) is 0 Å². The summed E-state index contributed by atoms with van der Waals surface area (Å²) in [5.41, 5.74) is 0.0737. The van der Waals surface area contributed by atoms with Crippen molar-refractivity contribution >= 4 is 34.3 Å². The van der Waals surface area contributed by atoms with E-state index >= 15 is 0 Å². The molecule has 0 aliphatic rings. The van der Waals surface area contributed by atoms with Gasteiger partial charge in [0.25, 0.3) is 0 Å². The van der Waals surface area contributed by atoms with E-state index in [1.54, 1.807) is 13.2 Å². The summed E-state index contributed by atoms with van der Waals surface area (Å²) in [7, 11) is 3.20. The fourth-order valence-corrected chi connectivity index (χ4v) is 4.65. The number of halogens is 1. The standard InChI is InChI=1S/C27H45IO5/c1-10-12-13-14-16-19(3)25(32-9)21(5)26(30)27(6,7)23(31-8)17-24(29)33-22(15-11-2)20(4)18-28/h10-12,18-19,21-23,25H,2,13-17H2,1,3-9H3/b12-10+,20-18+. The average molecular weight is 577 g/mol. The lowest BCUT2D eigenvalue weighted by Gasteiger charge is -2.37. The Bertz CT molecular complexity index is 667. The molecule has 0 aromatic heterocycles. The number of hydrogen-bond acceptors (Lipinski definition) is 5. The van der Waals surface area contributed by atoms with Crippen LogP contribution in [0.1, 0.15) is 73.6 Å². The van der Waals surface area contributed by atoms with Gasteiger partial charge in [0, 0.05) is 26.6 Å². The number of carbonyl (C=O) groups is 2. The van der Waals surface area contributed by atoms with Gasteiger partial charge in [0.1, 0.15) is 11.9 Å². The fraction of sp³-hybridized carbons (Fsp3) is 0.704. The van der Waals surface area contributed by atoms with E-state index in [0.717, 1.165) is 24.8 Å². The smallest absolute Gasteiger partial charge is 0.309 e. The first-order valence-electron chi connectivity index (χ1n) is 11.8. The van der Waals surface area contributed by atoms with Crippen molar-refractivity contribution in [2.24, 2.45) is 17.3 Å². The number of esters is 1. The van der Waals surface area contributed by atoms with Gasteiger partial charge in [0.15, 0.2) is 0 Å². The molecule has 0 aromatic rings. The van der Waals surface area contributed by atoms with Crippen LogP contribution in [0.4, 0.5) is 0 Å². The zero-order chi connectivity index (χ0) is 25.6. The van der Waals surface area contributed by atoms with Gasteiger partial charge in [-0.3, -0.25) is 9.59 Å². The second kappa shape index (κ2) is 16.6. The summed E-state index contributed by atoms with van der Waals surface area (Å²) < 4.78 is 19.0. The third-order valence-electron chi connectivity index (χ3n) is 6.42. The van der Waals surface area contributed by atoms with Gasteiger partial charge in [-0.05, 0) is 48.7 Å². The largest absolute Gasteiger partial charge is 0.457 e. The molecule has 0 amide bonds. The van der Waals surface area contributed by atoms with E-state index in [1.807, 2.05) is 38.7 Å². The quantitative estimate of drug-likeness (QED) is 0.0821. The maximum absolute atomic E-state index is 13.6. The van der Waals surface area contributed by atoms with Gasteiger partial charge < -0.3 is 14.2 Å². The van der Waals surface area contributed by atoms with Crippen LogP contribution in [0.2, 0.25) is 0 Å². The lowest BCUT2D eigenvalue weighted by molar-refractivity contribution is -0.156. The molecule has 0 aliphatic carbocycles. The molecule has 0 rings (SSSR count). The third-order valence-corrected chi connectivity index (χ3v) is 7.40. The maximum Gasteiger partial charge on any atom is 0.309 e. The topological polar surface area (TPSA) is 61.8 Å². The molecule has 0 aromatic carbocycles. The Labute approximate surface area is 215 Å². The number of Topliss-reactive ketones (excluding diaryl/α,β-unsaturated/α-hetero) is 1. The molecule has 0 aliphatic heterocycles. The van der Waals surface area contributed by atoms with Gasteiger partial charge in [0.05, 0.1) is 24.0 Å². The summed E-state index contributed by atoms with van der Waals surface area (Å²) in [5.74, 6) is -0.447. The van der Waals surface area contributed by atoms with E-state index in [9.17, 15) is 9.59 Å². The zero-order valence-electron chi connectivity index (χ0n) is 21.9. The molecular weight excluding hydrogens is 531 g/mol. The van der Waals surface area contributed by atoms with Crippen LogP contribution in [0.3, 0.4) is 0 Å². The Hall–Kier alpha value is -0.990. The van der Waals surface area contributed by atoms with E-state index < -0.39 is 11.5 Å². The second-order valence-corrected chi connectivity index (χ2v) is 9.96. The summed E-state index contributed by atoms with van der Waals surface area (Å²) in [6.45, 7) is 15.4. The Morgan fingerprint density at radius 3 is 2.27 bits per heavy atom. The Morgan fingerprint density at radius 2 is 1.79 bits per heavy atom. The Kier molecular flexibility index (Phi) is 16.1. The molecule has 5 atom stereocenters. The van der Waals surface area contributed by atoms with Crippen LogP contribution >= 0.6 is 22.6 Å². The van der Waals surface area contributed by atoms with Gasteiger partial charge >= 0.3 is 5.97 Å². The minimum Gasteiger partial charge on any atom is -0.457 e. The molecule has 0 N–H and O–H groups in total. The van der Waals surface area contributed by atoms with Gasteiger partial charge in [-0.1, -0.05) is 68.5 Å². The molecule has 6 heteroatoms. The fourth-order valence-electron chi connectivity index (χ4n) is 4.25. The number of hydrogen-bond donors (Lipinski definition) is 0. The number of methoxy groups -OCH3 is 2. The van der Waals surface area contributed by atoms with E-state index in [0.29, 0.717) is 6.42 Å². The van der Waals surface area contributed by atoms with Crippen molar-refractivity contribution in [1.29, 1.82) is 0 Å². The highest BCUT2D eigenvalue weighted by Crippen LogP contribution is 2.34. The normalized spacial score (nSPS) is 17.3. The molecule has 0 bridgehead atoms. The molecule has 0 fully saturated rings. The van der Waals surface area contributed by atoms with Crippen molar-refractivity contribution in [2.75, 3.05) is 14.2 Å². The maximum atomic E-state index is 13.6. The number of carbonyl (C=O) groups excluding carboxylic acids is 2. The first-order valence-corrected chi connectivity index (χ1v) is 13.0. The molecular formula is C27H45IO5. The van der Waals surface area contributed by atoms with Crippen molar-refractivity contribution in [1.82, 2.24) is 0 Å². The Morgan fingerprint density at radius 1 is 1.15 bits per heavy atom. The number of ketones is 1. The van der Waals surface area contributed by atoms with Crippen molar-refractivity contribution < 1.29 is 23.8 Å². The van der Waals surface area contributed by atoms with E-state index in [1.165, 1.54) is 7.11 Å². The SMILES string of the molecule is C=CCC(OC(=O)CC(OC)C(C)(C)C(=O)C(C)C(OC)C(C)CCC/C=C/C)/C(C)=C/I. The average Bonchev–Trinajstić information content (AvgIpc) is 2.79.